The zero-order valence-corrected chi connectivity index (χ0v) is 20.2. The number of anilines is 2. The van der Waals surface area contributed by atoms with Crippen molar-refractivity contribution in [2.24, 2.45) is 5.92 Å². The second-order valence-corrected chi connectivity index (χ2v) is 10.00. The molecule has 3 aromatic rings. The van der Waals surface area contributed by atoms with Crippen LogP contribution in [0.3, 0.4) is 0 Å². The minimum Gasteiger partial charge on any atom is -0.465 e. The van der Waals surface area contributed by atoms with Crippen molar-refractivity contribution in [3.05, 3.63) is 47.3 Å². The lowest BCUT2D eigenvalue weighted by molar-refractivity contribution is -0.136. The molecule has 2 fully saturated rings. The summed E-state index contributed by atoms with van der Waals surface area (Å²) in [5, 5.41) is 12.4. The van der Waals surface area contributed by atoms with Crippen molar-refractivity contribution in [2.75, 3.05) is 49.6 Å². The van der Waals surface area contributed by atoms with Gasteiger partial charge in [0.15, 0.2) is 5.01 Å². The van der Waals surface area contributed by atoms with Gasteiger partial charge in [0, 0.05) is 39.1 Å². The standard InChI is InChI=1S/C23H23N5O4S2/c1-32-22(31)16-5-2-3-6-17(16)28-14-15(13-19(28)29)21(30)26-8-10-27(11-9-26)23-25-24-20(34-23)18-7-4-12-33-18/h2-7,12,15H,8-11,13-14H2,1H3. The van der Waals surface area contributed by atoms with Crippen LogP contribution in [0.25, 0.3) is 9.88 Å². The van der Waals surface area contributed by atoms with Crippen molar-refractivity contribution in [1.82, 2.24) is 15.1 Å². The molecule has 0 aliphatic carbocycles. The fraction of sp³-hybridized carbons (Fsp3) is 0.348. The fourth-order valence-electron chi connectivity index (χ4n) is 4.32. The number of benzene rings is 1. The lowest BCUT2D eigenvalue weighted by Gasteiger charge is -2.35. The molecule has 34 heavy (non-hydrogen) atoms. The van der Waals surface area contributed by atoms with Crippen LogP contribution in [0.15, 0.2) is 41.8 Å². The third-order valence-electron chi connectivity index (χ3n) is 6.08. The zero-order chi connectivity index (χ0) is 23.7. The van der Waals surface area contributed by atoms with Crippen LogP contribution >= 0.6 is 22.7 Å². The molecule has 2 aromatic heterocycles. The number of nitrogens with zero attached hydrogens (tertiary/aromatic N) is 5. The van der Waals surface area contributed by atoms with Crippen molar-refractivity contribution in [1.29, 1.82) is 0 Å². The van der Waals surface area contributed by atoms with Gasteiger partial charge in [-0.3, -0.25) is 9.59 Å². The van der Waals surface area contributed by atoms with Gasteiger partial charge >= 0.3 is 5.97 Å². The van der Waals surface area contributed by atoms with Gasteiger partial charge in [0.1, 0.15) is 0 Å². The minimum absolute atomic E-state index is 0.0254. The maximum atomic E-state index is 13.2. The van der Waals surface area contributed by atoms with Crippen LogP contribution < -0.4 is 9.80 Å². The van der Waals surface area contributed by atoms with E-state index in [-0.39, 0.29) is 24.8 Å². The number of ether oxygens (including phenoxy) is 1. The van der Waals surface area contributed by atoms with Crippen LogP contribution in [-0.4, -0.2) is 72.7 Å². The van der Waals surface area contributed by atoms with Crippen molar-refractivity contribution >= 4 is 51.3 Å². The molecule has 5 rings (SSSR count). The molecule has 0 spiro atoms. The van der Waals surface area contributed by atoms with Gasteiger partial charge in [0.2, 0.25) is 16.9 Å². The smallest absolute Gasteiger partial charge is 0.339 e. The normalized spacial score (nSPS) is 18.4. The summed E-state index contributed by atoms with van der Waals surface area (Å²) in [6, 6.07) is 10.8. The maximum absolute atomic E-state index is 13.2. The summed E-state index contributed by atoms with van der Waals surface area (Å²) in [5.74, 6) is -1.13. The van der Waals surface area contributed by atoms with Crippen molar-refractivity contribution in [2.45, 2.75) is 6.42 Å². The Bertz CT molecular complexity index is 1200. The SMILES string of the molecule is COC(=O)c1ccccc1N1CC(C(=O)N2CCN(c3nnc(-c4cccs4)s3)CC2)CC1=O. The highest BCUT2D eigenvalue weighted by molar-refractivity contribution is 7.22. The van der Waals surface area contributed by atoms with E-state index >= 15 is 0 Å². The summed E-state index contributed by atoms with van der Waals surface area (Å²) in [5.41, 5.74) is 0.802. The predicted octanol–water partition coefficient (Wildman–Crippen LogP) is 2.75. The van der Waals surface area contributed by atoms with Gasteiger partial charge in [0.25, 0.3) is 0 Å². The third-order valence-corrected chi connectivity index (χ3v) is 8.11. The van der Waals surface area contributed by atoms with Gasteiger partial charge in [-0.05, 0) is 23.6 Å². The first kappa shape index (κ1) is 22.5. The van der Waals surface area contributed by atoms with Crippen LogP contribution in [0.4, 0.5) is 10.8 Å². The van der Waals surface area contributed by atoms with E-state index in [2.05, 4.69) is 15.1 Å². The van der Waals surface area contributed by atoms with Crippen molar-refractivity contribution in [3.63, 3.8) is 0 Å². The molecule has 0 saturated carbocycles. The van der Waals surface area contributed by atoms with Gasteiger partial charge in [-0.15, -0.1) is 21.5 Å². The third kappa shape index (κ3) is 4.28. The lowest BCUT2D eigenvalue weighted by Crippen LogP contribution is -2.50. The highest BCUT2D eigenvalue weighted by atomic mass is 32.1. The monoisotopic (exact) mass is 497 g/mol. The van der Waals surface area contributed by atoms with Gasteiger partial charge in [-0.25, -0.2) is 4.79 Å². The van der Waals surface area contributed by atoms with Gasteiger partial charge < -0.3 is 19.4 Å². The number of methoxy groups -OCH3 is 1. The summed E-state index contributed by atoms with van der Waals surface area (Å²) in [4.78, 5) is 44.7. The Balaban J connectivity index is 1.21. The molecular formula is C23H23N5O4S2. The Kier molecular flexibility index (Phi) is 6.29. The van der Waals surface area contributed by atoms with Gasteiger partial charge in [-0.2, -0.15) is 0 Å². The molecule has 9 nitrogen and oxygen atoms in total. The number of carbonyl (C=O) groups is 3. The first-order valence-electron chi connectivity index (χ1n) is 10.9. The number of esters is 1. The first-order chi connectivity index (χ1) is 16.5. The number of hydrogen-bond acceptors (Lipinski definition) is 9. The Morgan fingerprint density at radius 2 is 1.85 bits per heavy atom. The average molecular weight is 498 g/mol. The second-order valence-electron chi connectivity index (χ2n) is 8.09. The quantitative estimate of drug-likeness (QED) is 0.500. The Hall–Kier alpha value is -3.31. The van der Waals surface area contributed by atoms with Crippen molar-refractivity contribution < 1.29 is 19.1 Å². The molecule has 4 heterocycles. The van der Waals surface area contributed by atoms with Crippen LogP contribution in [-0.2, 0) is 14.3 Å². The summed E-state index contributed by atoms with van der Waals surface area (Å²) in [7, 11) is 1.31. The van der Waals surface area contributed by atoms with Gasteiger partial charge in [0.05, 0.1) is 29.2 Å². The van der Waals surface area contributed by atoms with E-state index in [0.717, 1.165) is 15.0 Å². The highest BCUT2D eigenvalue weighted by Gasteiger charge is 2.39. The Labute approximate surface area is 204 Å². The van der Waals surface area contributed by atoms with E-state index in [9.17, 15) is 14.4 Å². The van der Waals surface area contributed by atoms with E-state index in [0.29, 0.717) is 37.4 Å². The van der Waals surface area contributed by atoms with E-state index in [1.54, 1.807) is 46.9 Å². The number of rotatable bonds is 5. The number of piperazine rings is 1. The highest BCUT2D eigenvalue weighted by Crippen LogP contribution is 2.33. The maximum Gasteiger partial charge on any atom is 0.339 e. The minimum atomic E-state index is -0.506. The number of para-hydroxylation sites is 1. The number of amides is 2. The number of hydrogen-bond donors (Lipinski definition) is 0. The molecular weight excluding hydrogens is 474 g/mol. The van der Waals surface area contributed by atoms with E-state index < -0.39 is 11.9 Å². The lowest BCUT2D eigenvalue weighted by atomic mass is 10.1. The van der Waals surface area contributed by atoms with E-state index in [4.69, 9.17) is 4.74 Å². The predicted molar refractivity (Wildman–Crippen MR) is 130 cm³/mol. The number of aromatic nitrogens is 2. The summed E-state index contributed by atoms with van der Waals surface area (Å²) in [6.07, 6.45) is 0.134. The molecule has 1 atom stereocenters. The topological polar surface area (TPSA) is 95.9 Å². The zero-order valence-electron chi connectivity index (χ0n) is 18.5. The van der Waals surface area contributed by atoms with E-state index in [1.165, 1.54) is 12.0 Å². The average Bonchev–Trinajstić information content (AvgIpc) is 3.64. The summed E-state index contributed by atoms with van der Waals surface area (Å²) in [6.45, 7) is 2.72. The van der Waals surface area contributed by atoms with Crippen LogP contribution in [0.5, 0.6) is 0 Å². The number of carbonyl (C=O) groups excluding carboxylic acids is 3. The summed E-state index contributed by atoms with van der Waals surface area (Å²) >= 11 is 3.19. The largest absolute Gasteiger partial charge is 0.465 e. The molecule has 0 N–H and O–H groups in total. The molecule has 1 unspecified atom stereocenters. The molecule has 2 saturated heterocycles. The fourth-order valence-corrected chi connectivity index (χ4v) is 6.01. The molecule has 2 aliphatic rings. The molecule has 1 aromatic carbocycles. The molecule has 2 amide bonds. The first-order valence-corrected chi connectivity index (χ1v) is 12.6. The molecule has 0 radical (unpaired) electrons. The summed E-state index contributed by atoms with van der Waals surface area (Å²) < 4.78 is 4.85. The Morgan fingerprint density at radius 3 is 2.59 bits per heavy atom. The van der Waals surface area contributed by atoms with Crippen molar-refractivity contribution in [3.8, 4) is 9.88 Å². The van der Waals surface area contributed by atoms with Gasteiger partial charge in [-0.1, -0.05) is 29.5 Å². The van der Waals surface area contributed by atoms with Crippen LogP contribution in [0, 0.1) is 5.92 Å². The van der Waals surface area contributed by atoms with E-state index in [1.807, 2.05) is 22.4 Å². The number of thiophene rings is 1. The van der Waals surface area contributed by atoms with Crippen LogP contribution in [0.1, 0.15) is 16.8 Å². The molecule has 0 bridgehead atoms. The Morgan fingerprint density at radius 1 is 1.06 bits per heavy atom. The second kappa shape index (κ2) is 9.51. The molecule has 176 valence electrons. The molecule has 2 aliphatic heterocycles. The van der Waals surface area contributed by atoms with Crippen LogP contribution in [0.2, 0.25) is 0 Å². The molecule has 11 heteroatoms.